The van der Waals surface area contributed by atoms with Gasteiger partial charge in [0.2, 0.25) is 0 Å². The maximum atomic E-state index is 5.77. The normalized spacial score (nSPS) is 10.6. The van der Waals surface area contributed by atoms with Crippen LogP contribution in [0.5, 0.6) is 0 Å². The standard InChI is InChI=1S/C11H10BrClN2/c1-7-10(6-13)15-11(14-7)8-2-4-9(12)5-3-8/h2-5H,6H2,1H3,(H,14,15). The first-order chi connectivity index (χ1) is 7.20. The molecule has 4 heteroatoms. The maximum Gasteiger partial charge on any atom is 0.137 e. The number of aromatic amines is 1. The summed E-state index contributed by atoms with van der Waals surface area (Å²) in [6, 6.07) is 8.02. The average Bonchev–Trinajstić information content (AvgIpc) is 2.61. The van der Waals surface area contributed by atoms with Crippen molar-refractivity contribution in [3.63, 3.8) is 0 Å². The third kappa shape index (κ3) is 2.24. The van der Waals surface area contributed by atoms with Crippen molar-refractivity contribution in [1.82, 2.24) is 9.97 Å². The van der Waals surface area contributed by atoms with Gasteiger partial charge >= 0.3 is 0 Å². The van der Waals surface area contributed by atoms with E-state index in [-0.39, 0.29) is 0 Å². The summed E-state index contributed by atoms with van der Waals surface area (Å²) in [5, 5.41) is 0. The molecule has 1 aromatic carbocycles. The third-order valence-corrected chi connectivity index (χ3v) is 3.01. The molecule has 2 aromatic rings. The molecule has 1 aromatic heterocycles. The van der Waals surface area contributed by atoms with Crippen molar-refractivity contribution in [2.45, 2.75) is 12.8 Å². The predicted molar refractivity (Wildman–Crippen MR) is 66.0 cm³/mol. The summed E-state index contributed by atoms with van der Waals surface area (Å²) in [6.07, 6.45) is 0. The van der Waals surface area contributed by atoms with Crippen LogP contribution in [0.4, 0.5) is 0 Å². The zero-order valence-corrected chi connectivity index (χ0v) is 10.6. The smallest absolute Gasteiger partial charge is 0.137 e. The molecule has 0 atom stereocenters. The Bertz CT molecular complexity index is 462. The van der Waals surface area contributed by atoms with Crippen molar-refractivity contribution >= 4 is 27.5 Å². The lowest BCUT2D eigenvalue weighted by Crippen LogP contribution is -1.81. The molecule has 0 bridgehead atoms. The highest BCUT2D eigenvalue weighted by Gasteiger charge is 2.06. The van der Waals surface area contributed by atoms with Crippen LogP contribution in [-0.2, 0) is 5.88 Å². The lowest BCUT2D eigenvalue weighted by atomic mass is 10.2. The van der Waals surface area contributed by atoms with Gasteiger partial charge in [0.15, 0.2) is 0 Å². The molecule has 0 saturated heterocycles. The van der Waals surface area contributed by atoms with Crippen molar-refractivity contribution < 1.29 is 0 Å². The minimum atomic E-state index is 0.443. The van der Waals surface area contributed by atoms with E-state index < -0.39 is 0 Å². The van der Waals surface area contributed by atoms with Crippen LogP contribution in [0.15, 0.2) is 28.7 Å². The highest BCUT2D eigenvalue weighted by Crippen LogP contribution is 2.21. The highest BCUT2D eigenvalue weighted by molar-refractivity contribution is 9.10. The fourth-order valence-corrected chi connectivity index (χ4v) is 1.90. The lowest BCUT2D eigenvalue weighted by Gasteiger charge is -1.96. The van der Waals surface area contributed by atoms with Crippen LogP contribution in [0.2, 0.25) is 0 Å². The Labute approximate surface area is 102 Å². The molecule has 2 rings (SSSR count). The zero-order valence-electron chi connectivity index (χ0n) is 8.22. The number of aromatic nitrogens is 2. The van der Waals surface area contributed by atoms with Gasteiger partial charge in [0, 0.05) is 15.7 Å². The molecule has 0 saturated carbocycles. The second kappa shape index (κ2) is 4.37. The van der Waals surface area contributed by atoms with Crippen LogP contribution in [0.25, 0.3) is 11.4 Å². The molecule has 0 aliphatic carbocycles. The van der Waals surface area contributed by atoms with E-state index in [1.807, 2.05) is 31.2 Å². The first-order valence-corrected chi connectivity index (χ1v) is 5.91. The number of hydrogen-bond acceptors (Lipinski definition) is 1. The quantitative estimate of drug-likeness (QED) is 0.833. The number of rotatable bonds is 2. The fraction of sp³-hybridized carbons (Fsp3) is 0.182. The average molecular weight is 286 g/mol. The van der Waals surface area contributed by atoms with Crippen LogP contribution in [0.1, 0.15) is 11.4 Å². The van der Waals surface area contributed by atoms with Gasteiger partial charge in [0.25, 0.3) is 0 Å². The van der Waals surface area contributed by atoms with Gasteiger partial charge in [0.05, 0.1) is 11.6 Å². The van der Waals surface area contributed by atoms with Gasteiger partial charge in [-0.15, -0.1) is 11.6 Å². The monoisotopic (exact) mass is 284 g/mol. The highest BCUT2D eigenvalue weighted by atomic mass is 79.9. The largest absolute Gasteiger partial charge is 0.342 e. The molecule has 2 nitrogen and oxygen atoms in total. The number of benzene rings is 1. The Kier molecular flexibility index (Phi) is 3.12. The minimum Gasteiger partial charge on any atom is -0.342 e. The first kappa shape index (κ1) is 10.7. The van der Waals surface area contributed by atoms with Crippen molar-refractivity contribution in [2.24, 2.45) is 0 Å². The number of aryl methyl sites for hydroxylation is 1. The number of H-pyrrole nitrogens is 1. The molecule has 0 radical (unpaired) electrons. The summed E-state index contributed by atoms with van der Waals surface area (Å²) in [7, 11) is 0. The molecule has 0 fully saturated rings. The van der Waals surface area contributed by atoms with Gasteiger partial charge in [0.1, 0.15) is 5.82 Å². The number of imidazole rings is 1. The van der Waals surface area contributed by atoms with Crippen molar-refractivity contribution in [1.29, 1.82) is 0 Å². The number of hydrogen-bond donors (Lipinski definition) is 1. The van der Waals surface area contributed by atoms with Crippen LogP contribution >= 0.6 is 27.5 Å². The molecule has 0 aliphatic heterocycles. The van der Waals surface area contributed by atoms with Gasteiger partial charge in [-0.2, -0.15) is 0 Å². The second-order valence-corrected chi connectivity index (χ2v) is 4.48. The molecule has 0 aliphatic rings. The van der Waals surface area contributed by atoms with Gasteiger partial charge in [-0.3, -0.25) is 0 Å². The summed E-state index contributed by atoms with van der Waals surface area (Å²) in [5.74, 6) is 1.31. The molecule has 1 N–H and O–H groups in total. The van der Waals surface area contributed by atoms with E-state index in [4.69, 9.17) is 11.6 Å². The maximum absolute atomic E-state index is 5.77. The van der Waals surface area contributed by atoms with Gasteiger partial charge in [-0.25, -0.2) is 4.98 Å². The summed E-state index contributed by atoms with van der Waals surface area (Å²) in [6.45, 7) is 1.98. The molecular weight excluding hydrogens is 275 g/mol. The molecule has 0 amide bonds. The second-order valence-electron chi connectivity index (χ2n) is 3.30. The Balaban J connectivity index is 2.41. The topological polar surface area (TPSA) is 28.7 Å². The fourth-order valence-electron chi connectivity index (χ4n) is 1.37. The summed E-state index contributed by atoms with van der Waals surface area (Å²) >= 11 is 9.17. The van der Waals surface area contributed by atoms with E-state index in [2.05, 4.69) is 25.9 Å². The Morgan fingerprint density at radius 3 is 2.53 bits per heavy atom. The predicted octanol–water partition coefficient (Wildman–Crippen LogP) is 3.89. The number of nitrogens with one attached hydrogen (secondary N) is 1. The van der Waals surface area contributed by atoms with Crippen LogP contribution in [0.3, 0.4) is 0 Å². The van der Waals surface area contributed by atoms with Gasteiger partial charge in [-0.1, -0.05) is 28.1 Å². The van der Waals surface area contributed by atoms with E-state index in [0.717, 1.165) is 27.2 Å². The molecule has 78 valence electrons. The SMILES string of the molecule is Cc1[nH]c(-c2ccc(Br)cc2)nc1CCl. The van der Waals surface area contributed by atoms with E-state index >= 15 is 0 Å². The summed E-state index contributed by atoms with van der Waals surface area (Å²) < 4.78 is 1.06. The van der Waals surface area contributed by atoms with Crippen molar-refractivity contribution in [3.8, 4) is 11.4 Å². The van der Waals surface area contributed by atoms with E-state index in [1.54, 1.807) is 0 Å². The Morgan fingerprint density at radius 1 is 1.33 bits per heavy atom. The molecule has 0 spiro atoms. The number of nitrogens with zero attached hydrogens (tertiary/aromatic N) is 1. The number of alkyl halides is 1. The summed E-state index contributed by atoms with van der Waals surface area (Å²) in [4.78, 5) is 7.65. The molecular formula is C11H10BrClN2. The first-order valence-electron chi connectivity index (χ1n) is 4.58. The van der Waals surface area contributed by atoms with E-state index in [1.165, 1.54) is 0 Å². The van der Waals surface area contributed by atoms with Crippen LogP contribution < -0.4 is 0 Å². The molecule has 0 unspecified atom stereocenters. The van der Waals surface area contributed by atoms with E-state index in [9.17, 15) is 0 Å². The van der Waals surface area contributed by atoms with Gasteiger partial charge in [-0.05, 0) is 19.1 Å². The van der Waals surface area contributed by atoms with Crippen molar-refractivity contribution in [3.05, 3.63) is 40.1 Å². The Morgan fingerprint density at radius 2 is 2.00 bits per heavy atom. The van der Waals surface area contributed by atoms with Crippen molar-refractivity contribution in [2.75, 3.05) is 0 Å². The zero-order chi connectivity index (χ0) is 10.8. The Hall–Kier alpha value is -0.800. The molecule has 15 heavy (non-hydrogen) atoms. The third-order valence-electron chi connectivity index (χ3n) is 2.23. The minimum absolute atomic E-state index is 0.443. The number of halogens is 2. The van der Waals surface area contributed by atoms with Gasteiger partial charge < -0.3 is 4.98 Å². The van der Waals surface area contributed by atoms with Crippen LogP contribution in [-0.4, -0.2) is 9.97 Å². The van der Waals surface area contributed by atoms with E-state index in [0.29, 0.717) is 5.88 Å². The lowest BCUT2D eigenvalue weighted by molar-refractivity contribution is 1.18. The summed E-state index contributed by atoms with van der Waals surface area (Å²) in [5.41, 5.74) is 3.01. The van der Waals surface area contributed by atoms with Crippen LogP contribution in [0, 0.1) is 6.92 Å². The molecule has 1 heterocycles.